The molecule has 0 spiro atoms. The van der Waals surface area contributed by atoms with E-state index in [4.69, 9.17) is 4.74 Å². The first-order valence-electron chi connectivity index (χ1n) is 6.28. The molecule has 2 atom stereocenters. The molecular weight excluding hydrogens is 318 g/mol. The molecule has 0 saturated carbocycles. The van der Waals surface area contributed by atoms with Crippen LogP contribution in [0.1, 0.15) is 13.3 Å². The van der Waals surface area contributed by atoms with Crippen LogP contribution in [0, 0.1) is 11.6 Å². The predicted molar refractivity (Wildman–Crippen MR) is 74.4 cm³/mol. The first kappa shape index (κ1) is 14.7. The first-order valence-corrected chi connectivity index (χ1v) is 7.07. The number of halogens is 3. The molecule has 2 N–H and O–H groups in total. The van der Waals surface area contributed by atoms with Crippen LogP contribution in [-0.2, 0) is 4.74 Å². The van der Waals surface area contributed by atoms with E-state index in [0.29, 0.717) is 12.3 Å². The van der Waals surface area contributed by atoms with Gasteiger partial charge in [-0.25, -0.2) is 8.78 Å². The van der Waals surface area contributed by atoms with Gasteiger partial charge < -0.3 is 15.4 Å². The third kappa shape index (κ3) is 4.12. The van der Waals surface area contributed by atoms with Gasteiger partial charge in [-0.05, 0) is 35.3 Å². The van der Waals surface area contributed by atoms with Crippen molar-refractivity contribution in [1.29, 1.82) is 0 Å². The minimum Gasteiger partial charge on any atom is -0.380 e. The van der Waals surface area contributed by atoms with E-state index in [2.05, 4.69) is 26.6 Å². The summed E-state index contributed by atoms with van der Waals surface area (Å²) in [4.78, 5) is 0. The van der Waals surface area contributed by atoms with Crippen molar-refractivity contribution in [2.24, 2.45) is 0 Å². The summed E-state index contributed by atoms with van der Waals surface area (Å²) < 4.78 is 32.4. The molecule has 1 aliphatic rings. The van der Waals surface area contributed by atoms with Crippen molar-refractivity contribution in [3.05, 3.63) is 28.2 Å². The summed E-state index contributed by atoms with van der Waals surface area (Å²) in [6.45, 7) is 4.21. The smallest absolute Gasteiger partial charge is 0.149 e. The van der Waals surface area contributed by atoms with Crippen LogP contribution >= 0.6 is 15.9 Å². The van der Waals surface area contributed by atoms with Crippen LogP contribution in [0.25, 0.3) is 0 Å². The van der Waals surface area contributed by atoms with E-state index in [0.717, 1.165) is 25.6 Å². The molecule has 2 unspecified atom stereocenters. The second-order valence-electron chi connectivity index (χ2n) is 4.75. The Hall–Kier alpha value is -0.720. The molecule has 2 rings (SSSR count). The maximum Gasteiger partial charge on any atom is 0.149 e. The molecule has 0 radical (unpaired) electrons. The van der Waals surface area contributed by atoms with Crippen LogP contribution in [0.2, 0.25) is 0 Å². The van der Waals surface area contributed by atoms with Gasteiger partial charge in [0, 0.05) is 24.7 Å². The average molecular weight is 335 g/mol. The van der Waals surface area contributed by atoms with E-state index in [1.54, 1.807) is 0 Å². The summed E-state index contributed by atoms with van der Waals surface area (Å²) >= 11 is 3.05. The van der Waals surface area contributed by atoms with Crippen molar-refractivity contribution in [3.63, 3.8) is 0 Å². The molecular formula is C13H17BrF2N2O. The Labute approximate surface area is 119 Å². The van der Waals surface area contributed by atoms with E-state index in [1.807, 2.05) is 6.92 Å². The lowest BCUT2D eigenvalue weighted by molar-refractivity contribution is 0.0731. The number of rotatable bonds is 4. The third-order valence-electron chi connectivity index (χ3n) is 3.05. The Morgan fingerprint density at radius 1 is 1.47 bits per heavy atom. The zero-order valence-corrected chi connectivity index (χ0v) is 12.3. The van der Waals surface area contributed by atoms with E-state index in [1.165, 1.54) is 6.07 Å². The second-order valence-corrected chi connectivity index (χ2v) is 5.61. The van der Waals surface area contributed by atoms with Crippen LogP contribution in [0.3, 0.4) is 0 Å². The van der Waals surface area contributed by atoms with Gasteiger partial charge in [-0.15, -0.1) is 0 Å². The van der Waals surface area contributed by atoms with Crippen molar-refractivity contribution in [2.45, 2.75) is 25.4 Å². The molecule has 106 valence electrons. The molecule has 1 aromatic rings. The molecule has 1 fully saturated rings. The molecule has 1 heterocycles. The summed E-state index contributed by atoms with van der Waals surface area (Å²) in [6, 6.07) is 2.63. The van der Waals surface area contributed by atoms with Gasteiger partial charge in [0.05, 0.1) is 23.4 Å². The zero-order chi connectivity index (χ0) is 13.8. The highest BCUT2D eigenvalue weighted by atomic mass is 79.9. The number of ether oxygens (including phenoxy) is 1. The molecule has 1 aliphatic heterocycles. The van der Waals surface area contributed by atoms with Crippen molar-refractivity contribution >= 4 is 21.6 Å². The molecule has 0 bridgehead atoms. The van der Waals surface area contributed by atoms with Gasteiger partial charge >= 0.3 is 0 Å². The summed E-state index contributed by atoms with van der Waals surface area (Å²) in [5.41, 5.74) is 0.303. The molecule has 0 amide bonds. The average Bonchev–Trinajstić information content (AvgIpc) is 2.37. The summed E-state index contributed by atoms with van der Waals surface area (Å²) in [7, 11) is 0. The van der Waals surface area contributed by atoms with Crippen molar-refractivity contribution < 1.29 is 13.5 Å². The minimum absolute atomic E-state index is 0.0612. The molecule has 6 heteroatoms. The van der Waals surface area contributed by atoms with Crippen LogP contribution in [0.4, 0.5) is 14.5 Å². The van der Waals surface area contributed by atoms with E-state index < -0.39 is 11.6 Å². The van der Waals surface area contributed by atoms with E-state index in [-0.39, 0.29) is 16.6 Å². The summed E-state index contributed by atoms with van der Waals surface area (Å²) in [5, 5.41) is 6.40. The largest absolute Gasteiger partial charge is 0.380 e. The summed E-state index contributed by atoms with van der Waals surface area (Å²) in [6.07, 6.45) is 0.814. The SMILES string of the molecule is CC(CC1COCCN1)Nc1cc(Br)c(F)cc1F. The highest BCUT2D eigenvalue weighted by Crippen LogP contribution is 2.24. The van der Waals surface area contributed by atoms with Crippen molar-refractivity contribution in [2.75, 3.05) is 25.1 Å². The van der Waals surface area contributed by atoms with Crippen LogP contribution in [0.5, 0.6) is 0 Å². The highest BCUT2D eigenvalue weighted by molar-refractivity contribution is 9.10. The number of benzene rings is 1. The Balaban J connectivity index is 1.94. The topological polar surface area (TPSA) is 33.3 Å². The number of hydrogen-bond acceptors (Lipinski definition) is 3. The normalized spacial score (nSPS) is 21.2. The Morgan fingerprint density at radius 2 is 2.26 bits per heavy atom. The third-order valence-corrected chi connectivity index (χ3v) is 3.66. The fourth-order valence-electron chi connectivity index (χ4n) is 2.16. The van der Waals surface area contributed by atoms with Gasteiger partial charge in [0.25, 0.3) is 0 Å². The molecule has 0 aromatic heterocycles. The van der Waals surface area contributed by atoms with E-state index >= 15 is 0 Å². The fourth-order valence-corrected chi connectivity index (χ4v) is 2.50. The number of morpholine rings is 1. The van der Waals surface area contributed by atoms with Gasteiger partial charge in [0.1, 0.15) is 11.6 Å². The van der Waals surface area contributed by atoms with Gasteiger partial charge in [-0.3, -0.25) is 0 Å². The van der Waals surface area contributed by atoms with Crippen LogP contribution < -0.4 is 10.6 Å². The monoisotopic (exact) mass is 334 g/mol. The number of hydrogen-bond donors (Lipinski definition) is 2. The quantitative estimate of drug-likeness (QED) is 0.830. The lowest BCUT2D eigenvalue weighted by Gasteiger charge is -2.27. The van der Waals surface area contributed by atoms with Crippen LogP contribution in [0.15, 0.2) is 16.6 Å². The molecule has 1 saturated heterocycles. The Morgan fingerprint density at radius 3 is 2.95 bits per heavy atom. The van der Waals surface area contributed by atoms with Crippen molar-refractivity contribution in [1.82, 2.24) is 5.32 Å². The van der Waals surface area contributed by atoms with Crippen molar-refractivity contribution in [3.8, 4) is 0 Å². The van der Waals surface area contributed by atoms with Gasteiger partial charge in [0.15, 0.2) is 0 Å². The highest BCUT2D eigenvalue weighted by Gasteiger charge is 2.17. The molecule has 3 nitrogen and oxygen atoms in total. The van der Waals surface area contributed by atoms with Gasteiger partial charge in [-0.1, -0.05) is 0 Å². The zero-order valence-electron chi connectivity index (χ0n) is 10.7. The lowest BCUT2D eigenvalue weighted by atomic mass is 10.1. The second kappa shape index (κ2) is 6.63. The predicted octanol–water partition coefficient (Wildman–Crippen LogP) is 2.91. The molecule has 19 heavy (non-hydrogen) atoms. The lowest BCUT2D eigenvalue weighted by Crippen LogP contribution is -2.43. The number of anilines is 1. The molecule has 1 aromatic carbocycles. The van der Waals surface area contributed by atoms with Gasteiger partial charge in [0.2, 0.25) is 0 Å². The minimum atomic E-state index is -0.599. The standard InChI is InChI=1S/C13H17BrF2N2O/c1-8(4-9-7-19-3-2-17-9)18-13-5-10(14)11(15)6-12(13)16/h5-6,8-9,17-18H,2-4,7H2,1H3. The Bertz CT molecular complexity index is 439. The molecule has 0 aliphatic carbocycles. The maximum absolute atomic E-state index is 13.6. The fraction of sp³-hybridized carbons (Fsp3) is 0.538. The number of nitrogens with one attached hydrogen (secondary N) is 2. The summed E-state index contributed by atoms with van der Waals surface area (Å²) in [5.74, 6) is -1.18. The maximum atomic E-state index is 13.6. The van der Waals surface area contributed by atoms with Crippen LogP contribution in [-0.4, -0.2) is 31.8 Å². The van der Waals surface area contributed by atoms with E-state index in [9.17, 15) is 8.78 Å². The van der Waals surface area contributed by atoms with Gasteiger partial charge in [-0.2, -0.15) is 0 Å². The Kier molecular flexibility index (Phi) is 5.13. The first-order chi connectivity index (χ1) is 9.06.